The fraction of sp³-hybridized carbons (Fsp3) is 0.867. The van der Waals surface area contributed by atoms with Crippen LogP contribution < -0.4 is 0 Å². The molecule has 2 rings (SSSR count). The first-order chi connectivity index (χ1) is 12.2. The summed E-state index contributed by atoms with van der Waals surface area (Å²) >= 11 is 11.2. The fourth-order valence-corrected chi connectivity index (χ4v) is 9.16. The van der Waals surface area contributed by atoms with E-state index in [4.69, 9.17) is 33.9 Å². The van der Waals surface area contributed by atoms with Crippen LogP contribution in [0, 0.1) is 0 Å². The minimum absolute atomic E-state index is 0.493. The van der Waals surface area contributed by atoms with Gasteiger partial charge in [-0.1, -0.05) is 65.8 Å². The quantitative estimate of drug-likeness (QED) is 0.308. The molecule has 10 heteroatoms. The molecule has 2 aliphatic heterocycles. The summed E-state index contributed by atoms with van der Waals surface area (Å²) in [6, 6.07) is 0. The van der Waals surface area contributed by atoms with E-state index < -0.39 is 0 Å². The van der Waals surface area contributed by atoms with Crippen molar-refractivity contribution in [1.82, 2.24) is 9.80 Å². The van der Waals surface area contributed by atoms with Gasteiger partial charge in [0.15, 0.2) is 0 Å². The van der Waals surface area contributed by atoms with Gasteiger partial charge in [0.25, 0.3) is 0 Å². The van der Waals surface area contributed by atoms with Crippen molar-refractivity contribution in [2.75, 3.05) is 52.6 Å². The molecule has 0 aromatic rings. The third-order valence-electron chi connectivity index (χ3n) is 3.79. The molecule has 2 fully saturated rings. The molecule has 0 spiro atoms. The van der Waals surface area contributed by atoms with Crippen LogP contribution in [0.15, 0.2) is 0 Å². The second kappa shape index (κ2) is 13.3. The molecular weight excluding hydrogens is 433 g/mol. The molecule has 0 atom stereocenters. The molecular formula is C15H26N2O2S6. The number of thiocarbonyl (C=S) groups is 2. The lowest BCUT2D eigenvalue weighted by Crippen LogP contribution is -2.38. The number of ether oxygens (including phenoxy) is 2. The van der Waals surface area contributed by atoms with Gasteiger partial charge in [0.05, 0.1) is 31.0 Å². The highest BCUT2D eigenvalue weighted by Crippen LogP contribution is 2.44. The van der Waals surface area contributed by atoms with Crippen molar-refractivity contribution in [2.24, 2.45) is 0 Å². The Labute approximate surface area is 178 Å². The minimum Gasteiger partial charge on any atom is -0.378 e. The Morgan fingerprint density at radius 3 is 1.72 bits per heavy atom. The van der Waals surface area contributed by atoms with Gasteiger partial charge >= 0.3 is 0 Å². The molecule has 0 unspecified atom stereocenters. The molecule has 0 aromatic carbocycles. The van der Waals surface area contributed by atoms with Crippen molar-refractivity contribution < 1.29 is 9.47 Å². The third-order valence-corrected chi connectivity index (χ3v) is 11.6. The van der Waals surface area contributed by atoms with Gasteiger partial charge in [0.1, 0.15) is 8.64 Å². The van der Waals surface area contributed by atoms with E-state index in [1.54, 1.807) is 21.6 Å². The van der Waals surface area contributed by atoms with Crippen molar-refractivity contribution in [2.45, 2.75) is 30.8 Å². The molecule has 0 amide bonds. The van der Waals surface area contributed by atoms with Crippen LogP contribution >= 0.6 is 67.6 Å². The van der Waals surface area contributed by atoms with Crippen LogP contribution in [0.5, 0.6) is 0 Å². The van der Waals surface area contributed by atoms with E-state index >= 15 is 0 Å². The first kappa shape index (κ1) is 22.4. The van der Waals surface area contributed by atoms with Gasteiger partial charge in [0, 0.05) is 26.2 Å². The highest BCUT2D eigenvalue weighted by molar-refractivity contribution is 8.91. The van der Waals surface area contributed by atoms with Gasteiger partial charge in [-0.2, -0.15) is 0 Å². The molecule has 144 valence electrons. The maximum atomic E-state index is 5.59. The highest BCUT2D eigenvalue weighted by Gasteiger charge is 2.20. The summed E-state index contributed by atoms with van der Waals surface area (Å²) < 4.78 is 13.3. The van der Waals surface area contributed by atoms with Crippen molar-refractivity contribution in [3.05, 3.63) is 0 Å². The van der Waals surface area contributed by atoms with Crippen LogP contribution in [0.25, 0.3) is 0 Å². The van der Waals surface area contributed by atoms with Crippen molar-refractivity contribution in [3.8, 4) is 0 Å². The second-order valence-electron chi connectivity index (χ2n) is 5.66. The maximum Gasteiger partial charge on any atom is 0.147 e. The molecule has 0 radical (unpaired) electrons. The van der Waals surface area contributed by atoms with Crippen LogP contribution in [-0.2, 0) is 9.47 Å². The van der Waals surface area contributed by atoms with Gasteiger partial charge in [-0.3, -0.25) is 0 Å². The third kappa shape index (κ3) is 8.76. The van der Waals surface area contributed by atoms with Crippen LogP contribution in [0.1, 0.15) is 26.2 Å². The predicted molar refractivity (Wildman–Crippen MR) is 124 cm³/mol. The molecule has 0 bridgehead atoms. The first-order valence-electron chi connectivity index (χ1n) is 8.60. The normalized spacial score (nSPS) is 18.6. The Hall–Kier alpha value is 1.10. The molecule has 2 aliphatic rings. The lowest BCUT2D eigenvalue weighted by Gasteiger charge is -2.29. The fourth-order valence-electron chi connectivity index (χ4n) is 2.27. The van der Waals surface area contributed by atoms with E-state index in [1.165, 1.54) is 19.3 Å². The van der Waals surface area contributed by atoms with Crippen LogP contribution in [0.3, 0.4) is 0 Å². The molecule has 0 N–H and O–H groups in total. The molecule has 25 heavy (non-hydrogen) atoms. The summed E-state index contributed by atoms with van der Waals surface area (Å²) in [6.07, 6.45) is 3.64. The van der Waals surface area contributed by atoms with E-state index in [1.807, 2.05) is 21.6 Å². The van der Waals surface area contributed by atoms with E-state index in [0.29, 0.717) is 4.58 Å². The number of morpholine rings is 2. The summed E-state index contributed by atoms with van der Waals surface area (Å²) in [5, 5.41) is 0. The predicted octanol–water partition coefficient (Wildman–Crippen LogP) is 4.50. The van der Waals surface area contributed by atoms with Crippen molar-refractivity contribution in [3.63, 3.8) is 0 Å². The standard InChI is InChI=1S/C15H26N2O2S6/c1-2-3-4-13(22-24-14(20)16-5-9-18-10-6-16)23-25-15(21)17-7-11-19-12-8-17/h13H,2-12H2,1H3. The Morgan fingerprint density at radius 2 is 1.32 bits per heavy atom. The molecule has 0 aliphatic carbocycles. The molecule has 0 saturated carbocycles. The number of rotatable bonds is 7. The molecule has 2 heterocycles. The van der Waals surface area contributed by atoms with Crippen molar-refractivity contribution in [1.29, 1.82) is 0 Å². The van der Waals surface area contributed by atoms with Gasteiger partial charge < -0.3 is 19.3 Å². The lowest BCUT2D eigenvalue weighted by molar-refractivity contribution is 0.0702. The number of hydrogen-bond acceptors (Lipinski definition) is 8. The first-order valence-corrected chi connectivity index (χ1v) is 13.8. The summed E-state index contributed by atoms with van der Waals surface area (Å²) in [6.45, 7) is 9.01. The molecule has 0 aromatic heterocycles. The average molecular weight is 459 g/mol. The van der Waals surface area contributed by atoms with E-state index in [0.717, 1.165) is 61.2 Å². The topological polar surface area (TPSA) is 24.9 Å². The zero-order valence-electron chi connectivity index (χ0n) is 14.5. The minimum atomic E-state index is 0.493. The van der Waals surface area contributed by atoms with Crippen LogP contribution in [0.2, 0.25) is 0 Å². The summed E-state index contributed by atoms with van der Waals surface area (Å²) in [5.74, 6) is 0. The lowest BCUT2D eigenvalue weighted by atomic mass is 10.3. The average Bonchev–Trinajstić information content (AvgIpc) is 2.68. The summed E-state index contributed by atoms with van der Waals surface area (Å²) in [4.78, 5) is 4.51. The second-order valence-corrected chi connectivity index (χ2v) is 12.0. The Morgan fingerprint density at radius 1 is 0.880 bits per heavy atom. The van der Waals surface area contributed by atoms with Crippen LogP contribution in [0.4, 0.5) is 0 Å². The van der Waals surface area contributed by atoms with Gasteiger partial charge in [-0.15, -0.1) is 0 Å². The maximum absolute atomic E-state index is 5.59. The number of hydrogen-bond donors (Lipinski definition) is 0. The van der Waals surface area contributed by atoms with Gasteiger partial charge in [-0.25, -0.2) is 0 Å². The Bertz CT molecular complexity index is 383. The highest BCUT2D eigenvalue weighted by atomic mass is 33.1. The summed E-state index contributed by atoms with van der Waals surface area (Å²) in [7, 11) is 7.24. The number of nitrogens with zero attached hydrogens (tertiary/aromatic N) is 2. The largest absolute Gasteiger partial charge is 0.378 e. The zero-order valence-corrected chi connectivity index (χ0v) is 19.4. The monoisotopic (exact) mass is 458 g/mol. The Balaban J connectivity index is 1.72. The van der Waals surface area contributed by atoms with Crippen molar-refractivity contribution >= 4 is 76.3 Å². The van der Waals surface area contributed by atoms with Gasteiger partial charge in [0.2, 0.25) is 0 Å². The van der Waals surface area contributed by atoms with Gasteiger partial charge in [-0.05, 0) is 28.0 Å². The smallest absolute Gasteiger partial charge is 0.147 e. The SMILES string of the molecule is CCCCC(SSC(=S)N1CCOCC1)SSC(=S)N1CCOCC1. The molecule has 4 nitrogen and oxygen atoms in total. The number of unbranched alkanes of at least 4 members (excludes halogenated alkanes) is 1. The van der Waals surface area contributed by atoms with E-state index in [2.05, 4.69) is 16.7 Å². The van der Waals surface area contributed by atoms with Crippen LogP contribution in [-0.4, -0.2) is 75.6 Å². The molecule has 2 saturated heterocycles. The zero-order chi connectivity index (χ0) is 17.9. The van der Waals surface area contributed by atoms with E-state index in [-0.39, 0.29) is 0 Å². The van der Waals surface area contributed by atoms with E-state index in [9.17, 15) is 0 Å². The summed E-state index contributed by atoms with van der Waals surface area (Å²) in [5.41, 5.74) is 0. The Kier molecular flexibility index (Phi) is 11.9.